The van der Waals surface area contributed by atoms with Crippen LogP contribution in [0.5, 0.6) is 0 Å². The van der Waals surface area contributed by atoms with Crippen LogP contribution in [-0.2, 0) is 6.42 Å². The number of aryl methyl sites for hydroxylation is 3. The number of anilines is 4. The van der Waals surface area contributed by atoms with Crippen molar-refractivity contribution in [3.8, 4) is 22.3 Å². The molecule has 49 heavy (non-hydrogen) atoms. The molecule has 0 amide bonds. The number of nitrogens with zero attached hydrogens (tertiary/aromatic N) is 2. The SMILES string of the molecule is Cc1cccc(N2c3ccccc3N(c3cccc(C)c3)S2(CCc2ccc(-c3ccccc3)cc2)c2ccc(-c3ccccc3)cc2)c1. The summed E-state index contributed by atoms with van der Waals surface area (Å²) in [6.07, 6.45) is 0.934. The van der Waals surface area contributed by atoms with Crippen LogP contribution in [0.3, 0.4) is 0 Å². The fourth-order valence-electron chi connectivity index (χ4n) is 7.11. The van der Waals surface area contributed by atoms with E-state index in [4.69, 9.17) is 0 Å². The Labute approximate surface area is 292 Å². The van der Waals surface area contributed by atoms with Crippen molar-refractivity contribution in [1.82, 2.24) is 0 Å². The Hall–Kier alpha value is -5.51. The first-order valence-electron chi connectivity index (χ1n) is 17.0. The largest absolute Gasteiger partial charge is 0.281 e. The third-order valence-corrected chi connectivity index (χ3v) is 13.3. The summed E-state index contributed by atoms with van der Waals surface area (Å²) in [4.78, 5) is 1.34. The van der Waals surface area contributed by atoms with Crippen LogP contribution >= 0.6 is 10.4 Å². The first-order valence-corrected chi connectivity index (χ1v) is 18.8. The van der Waals surface area contributed by atoms with E-state index >= 15 is 0 Å². The summed E-state index contributed by atoms with van der Waals surface area (Å²) in [5, 5.41) is 0. The van der Waals surface area contributed by atoms with Crippen LogP contribution in [0.4, 0.5) is 22.7 Å². The average molecular weight is 653 g/mol. The molecule has 7 aromatic carbocycles. The van der Waals surface area contributed by atoms with Gasteiger partial charge in [0.05, 0.1) is 22.7 Å². The van der Waals surface area contributed by atoms with Gasteiger partial charge in [-0.2, -0.15) is 0 Å². The van der Waals surface area contributed by atoms with Crippen molar-refractivity contribution in [3.05, 3.63) is 199 Å². The van der Waals surface area contributed by atoms with Crippen LogP contribution in [0.25, 0.3) is 22.3 Å². The van der Waals surface area contributed by atoms with Crippen molar-refractivity contribution < 1.29 is 0 Å². The van der Waals surface area contributed by atoms with Gasteiger partial charge in [0.25, 0.3) is 0 Å². The molecule has 0 atom stereocenters. The average Bonchev–Trinajstić information content (AvgIpc) is 3.46. The van der Waals surface area contributed by atoms with E-state index in [0.29, 0.717) is 0 Å². The Bertz CT molecular complexity index is 2120. The highest BCUT2D eigenvalue weighted by atomic mass is 32.3. The topological polar surface area (TPSA) is 6.48 Å². The Morgan fingerprint density at radius 2 is 0.837 bits per heavy atom. The molecule has 0 radical (unpaired) electrons. The molecule has 0 bridgehead atoms. The maximum Gasteiger partial charge on any atom is 0.0774 e. The highest BCUT2D eigenvalue weighted by Gasteiger charge is 2.48. The van der Waals surface area contributed by atoms with Crippen molar-refractivity contribution in [3.63, 3.8) is 0 Å². The quantitative estimate of drug-likeness (QED) is 0.161. The summed E-state index contributed by atoms with van der Waals surface area (Å²) >= 11 is 0. The molecule has 2 nitrogen and oxygen atoms in total. The Balaban J connectivity index is 1.32. The second-order valence-corrected chi connectivity index (χ2v) is 15.8. The van der Waals surface area contributed by atoms with Crippen molar-refractivity contribution >= 4 is 33.1 Å². The molecule has 240 valence electrons. The van der Waals surface area contributed by atoms with E-state index < -0.39 is 10.4 Å². The molecule has 0 aliphatic carbocycles. The van der Waals surface area contributed by atoms with Crippen LogP contribution in [0.1, 0.15) is 16.7 Å². The maximum absolute atomic E-state index is 2.69. The first-order chi connectivity index (χ1) is 24.1. The number of hydrogen-bond acceptors (Lipinski definition) is 2. The zero-order chi connectivity index (χ0) is 33.2. The molecular formula is C46H40N2S. The van der Waals surface area contributed by atoms with E-state index in [0.717, 1.165) is 12.2 Å². The van der Waals surface area contributed by atoms with E-state index in [1.807, 2.05) is 0 Å². The lowest BCUT2D eigenvalue weighted by Crippen LogP contribution is -2.32. The summed E-state index contributed by atoms with van der Waals surface area (Å²) in [5.41, 5.74) is 13.8. The van der Waals surface area contributed by atoms with Gasteiger partial charge in [0.1, 0.15) is 0 Å². The van der Waals surface area contributed by atoms with Gasteiger partial charge in [-0.25, -0.2) is 0 Å². The predicted octanol–water partition coefficient (Wildman–Crippen LogP) is 12.9. The Kier molecular flexibility index (Phi) is 8.29. The fraction of sp³-hybridized carbons (Fsp3) is 0.0870. The second-order valence-electron chi connectivity index (χ2n) is 12.8. The monoisotopic (exact) mass is 652 g/mol. The Morgan fingerprint density at radius 1 is 0.408 bits per heavy atom. The van der Waals surface area contributed by atoms with Crippen molar-refractivity contribution in [1.29, 1.82) is 0 Å². The van der Waals surface area contributed by atoms with Gasteiger partial charge in [-0.15, -0.1) is 0 Å². The van der Waals surface area contributed by atoms with E-state index in [-0.39, 0.29) is 0 Å². The summed E-state index contributed by atoms with van der Waals surface area (Å²) in [6, 6.07) is 67.1. The summed E-state index contributed by atoms with van der Waals surface area (Å²) < 4.78 is 5.38. The van der Waals surface area contributed by atoms with E-state index in [9.17, 15) is 0 Å². The molecule has 1 aliphatic rings. The summed E-state index contributed by atoms with van der Waals surface area (Å²) in [6.45, 7) is 4.40. The molecule has 1 aliphatic heterocycles. The molecule has 0 spiro atoms. The maximum atomic E-state index is 2.69. The molecule has 3 heteroatoms. The molecule has 7 aromatic rings. The summed E-state index contributed by atoms with van der Waals surface area (Å²) in [7, 11) is -1.91. The summed E-state index contributed by atoms with van der Waals surface area (Å²) in [5.74, 6) is 0.943. The standard InChI is InChI=1S/C46H40N2S/c1-35-13-11-19-42(33-35)47-45-21-9-10-22-46(45)48(43-20-12-14-36(2)34-43)49(47,44-29-27-41(28-30-44)39-17-7-4-8-18-39)32-31-37-23-25-40(26-24-37)38-15-5-3-6-16-38/h3-30,33-34H,31-32H2,1-2H3. The molecule has 0 unspecified atom stereocenters. The lowest BCUT2D eigenvalue weighted by Gasteiger charge is -2.51. The normalized spacial score (nSPS) is 14.0. The van der Waals surface area contributed by atoms with Gasteiger partial charge < -0.3 is 0 Å². The number of hydrogen-bond donors (Lipinski definition) is 0. The minimum atomic E-state index is -1.91. The lowest BCUT2D eigenvalue weighted by molar-refractivity contribution is 1.12. The molecule has 1 heterocycles. The van der Waals surface area contributed by atoms with Crippen LogP contribution < -0.4 is 8.61 Å². The molecular weight excluding hydrogens is 613 g/mol. The van der Waals surface area contributed by atoms with Crippen molar-refractivity contribution in [2.45, 2.75) is 25.2 Å². The van der Waals surface area contributed by atoms with Gasteiger partial charge in [-0.1, -0.05) is 144 Å². The minimum absolute atomic E-state index is 0.934. The molecule has 0 saturated heterocycles. The van der Waals surface area contributed by atoms with E-state index in [2.05, 4.69) is 204 Å². The number of rotatable bonds is 8. The van der Waals surface area contributed by atoms with Gasteiger partial charge in [0, 0.05) is 10.6 Å². The van der Waals surface area contributed by atoms with Crippen LogP contribution in [0, 0.1) is 13.8 Å². The van der Waals surface area contributed by atoms with Crippen LogP contribution in [-0.4, -0.2) is 5.75 Å². The van der Waals surface area contributed by atoms with Gasteiger partial charge in [0.2, 0.25) is 0 Å². The minimum Gasteiger partial charge on any atom is -0.281 e. The lowest BCUT2D eigenvalue weighted by atomic mass is 10.0. The number of para-hydroxylation sites is 2. The predicted molar refractivity (Wildman–Crippen MR) is 211 cm³/mol. The highest BCUT2D eigenvalue weighted by Crippen LogP contribution is 2.75. The van der Waals surface area contributed by atoms with Crippen molar-refractivity contribution in [2.24, 2.45) is 0 Å². The van der Waals surface area contributed by atoms with Crippen LogP contribution in [0.2, 0.25) is 0 Å². The third-order valence-electron chi connectivity index (χ3n) is 9.47. The van der Waals surface area contributed by atoms with Gasteiger partial charge in [-0.3, -0.25) is 8.61 Å². The van der Waals surface area contributed by atoms with E-state index in [1.165, 1.54) is 66.6 Å². The zero-order valence-electron chi connectivity index (χ0n) is 28.0. The number of benzene rings is 7. The molecule has 0 saturated carbocycles. The van der Waals surface area contributed by atoms with Gasteiger partial charge in [0.15, 0.2) is 0 Å². The second kappa shape index (κ2) is 13.2. The molecule has 0 N–H and O–H groups in total. The fourth-order valence-corrected chi connectivity index (χ4v) is 11.3. The number of fused-ring (bicyclic) bond motifs is 1. The Morgan fingerprint density at radius 3 is 1.31 bits per heavy atom. The highest BCUT2D eigenvalue weighted by molar-refractivity contribution is 8.36. The van der Waals surface area contributed by atoms with Crippen LogP contribution in [0.15, 0.2) is 187 Å². The zero-order valence-corrected chi connectivity index (χ0v) is 28.9. The molecule has 0 aromatic heterocycles. The van der Waals surface area contributed by atoms with Gasteiger partial charge in [-0.05, 0) is 108 Å². The third kappa shape index (κ3) is 5.81. The molecule has 8 rings (SSSR count). The van der Waals surface area contributed by atoms with E-state index in [1.54, 1.807) is 0 Å². The van der Waals surface area contributed by atoms with Crippen molar-refractivity contribution in [2.75, 3.05) is 14.4 Å². The van der Waals surface area contributed by atoms with Gasteiger partial charge >= 0.3 is 0 Å². The molecule has 0 fully saturated rings. The smallest absolute Gasteiger partial charge is 0.0774 e. The first kappa shape index (κ1) is 30.8.